The van der Waals surface area contributed by atoms with Crippen molar-refractivity contribution < 1.29 is 36.1 Å². The zero-order chi connectivity index (χ0) is 10.3. The molecule has 1 saturated carbocycles. The van der Waals surface area contributed by atoms with Gasteiger partial charge in [0, 0.05) is 33.1 Å². The molecule has 6 N–H and O–H groups in total. The molecule has 1 rings (SSSR count). The van der Waals surface area contributed by atoms with Crippen molar-refractivity contribution in [2.24, 2.45) is 11.5 Å². The number of hydrogen-bond donors (Lipinski definition) is 4. The zero-order valence-corrected chi connectivity index (χ0v) is 10.2. The smallest absolute Gasteiger partial charge is 0.329 e. The van der Waals surface area contributed by atoms with Gasteiger partial charge in [-0.1, -0.05) is 12.8 Å². The third kappa shape index (κ3) is 8.63. The molecule has 0 unspecified atom stereocenters. The summed E-state index contributed by atoms with van der Waals surface area (Å²) in [7, 11) is 0. The number of carboxylic acids is 1. The van der Waals surface area contributed by atoms with Gasteiger partial charge in [0.05, 0.1) is 0 Å². The molecule has 1 aliphatic rings. The fourth-order valence-corrected chi connectivity index (χ4v) is 1.19. The molecule has 6 heteroatoms. The van der Waals surface area contributed by atoms with Gasteiger partial charge >= 0.3 is 5.97 Å². The molecular formula is C8H18N2O3Pt. The van der Waals surface area contributed by atoms with E-state index >= 15 is 0 Å². The predicted octanol–water partition coefficient (Wildman–Crippen LogP) is -0.724. The molecule has 1 aliphatic carbocycles. The molecule has 0 aromatic rings. The van der Waals surface area contributed by atoms with Crippen LogP contribution >= 0.6 is 0 Å². The van der Waals surface area contributed by atoms with Crippen LogP contribution in [-0.2, 0) is 25.9 Å². The molecule has 14 heavy (non-hydrogen) atoms. The second kappa shape index (κ2) is 9.59. The number of carboxylic acid groups (broad SMARTS) is 1. The first-order chi connectivity index (χ1) is 6.07. The molecule has 1 fully saturated rings. The van der Waals surface area contributed by atoms with Crippen LogP contribution in [0.2, 0.25) is 0 Å². The van der Waals surface area contributed by atoms with Crippen LogP contribution in [0.1, 0.15) is 25.7 Å². The van der Waals surface area contributed by atoms with Gasteiger partial charge in [-0.2, -0.15) is 0 Å². The van der Waals surface area contributed by atoms with Gasteiger partial charge < -0.3 is 21.7 Å². The maximum Gasteiger partial charge on any atom is 0.329 e. The Labute approximate surface area is 98.1 Å². The molecule has 0 aromatic carbocycles. The van der Waals surface area contributed by atoms with E-state index in [0.717, 1.165) is 12.8 Å². The van der Waals surface area contributed by atoms with Crippen molar-refractivity contribution in [3.8, 4) is 0 Å². The first-order valence-electron chi connectivity index (χ1n) is 4.41. The fourth-order valence-electron chi connectivity index (χ4n) is 1.19. The normalized spacial score (nSPS) is 25.4. The summed E-state index contributed by atoms with van der Waals surface area (Å²) in [6.45, 7) is -0.778. The molecule has 0 heterocycles. The van der Waals surface area contributed by atoms with Crippen molar-refractivity contribution in [1.82, 2.24) is 0 Å². The monoisotopic (exact) mass is 385 g/mol. The van der Waals surface area contributed by atoms with Crippen molar-refractivity contribution in [3.05, 3.63) is 0 Å². The Morgan fingerprint density at radius 3 is 1.64 bits per heavy atom. The molecule has 88 valence electrons. The van der Waals surface area contributed by atoms with E-state index in [9.17, 15) is 0 Å². The van der Waals surface area contributed by atoms with Gasteiger partial charge in [-0.05, 0) is 12.8 Å². The van der Waals surface area contributed by atoms with Gasteiger partial charge in [0.15, 0.2) is 0 Å². The maximum absolute atomic E-state index is 9.12. The van der Waals surface area contributed by atoms with Crippen molar-refractivity contribution >= 4 is 5.97 Å². The Balaban J connectivity index is 0. The summed E-state index contributed by atoms with van der Waals surface area (Å²) in [5, 5.41) is 15.0. The van der Waals surface area contributed by atoms with Crippen molar-refractivity contribution in [2.45, 2.75) is 37.8 Å². The van der Waals surface area contributed by atoms with Crippen LogP contribution in [0, 0.1) is 0 Å². The molecule has 0 radical (unpaired) electrons. The first kappa shape index (κ1) is 16.5. The number of hydrogen-bond acceptors (Lipinski definition) is 4. The summed E-state index contributed by atoms with van der Waals surface area (Å²) in [6.07, 6.45) is 4.80. The predicted molar refractivity (Wildman–Crippen MR) is 49.1 cm³/mol. The van der Waals surface area contributed by atoms with Crippen LogP contribution in [0.5, 0.6) is 0 Å². The van der Waals surface area contributed by atoms with E-state index < -0.39 is 12.6 Å². The van der Waals surface area contributed by atoms with E-state index in [1.54, 1.807) is 0 Å². The van der Waals surface area contributed by atoms with Crippen LogP contribution in [-0.4, -0.2) is 34.9 Å². The van der Waals surface area contributed by atoms with E-state index in [0.29, 0.717) is 0 Å². The molecule has 0 spiro atoms. The Bertz CT molecular complexity index is 148. The standard InChI is InChI=1S/C6H14N2.C2H4O3.Pt/c7-5-3-1-2-4-6(5)8;3-1-2(4)5;/h5-6H,1-4,7-8H2;3H,1H2,(H,4,5);/t5-,6+;;. The summed E-state index contributed by atoms with van der Waals surface area (Å²) >= 11 is 0. The van der Waals surface area contributed by atoms with E-state index in [-0.39, 0.29) is 33.1 Å². The number of nitrogens with two attached hydrogens (primary N) is 2. The van der Waals surface area contributed by atoms with Crippen LogP contribution in [0.15, 0.2) is 0 Å². The quantitative estimate of drug-likeness (QED) is 0.476. The molecule has 2 atom stereocenters. The number of carbonyl (C=O) groups is 1. The van der Waals surface area contributed by atoms with Crippen molar-refractivity contribution in [1.29, 1.82) is 0 Å². The minimum absolute atomic E-state index is 0. The first-order valence-corrected chi connectivity index (χ1v) is 4.41. The van der Waals surface area contributed by atoms with Crippen molar-refractivity contribution in [2.75, 3.05) is 6.61 Å². The molecular weight excluding hydrogens is 367 g/mol. The minimum Gasteiger partial charge on any atom is -0.480 e. The number of aliphatic carboxylic acids is 1. The molecule has 5 nitrogen and oxygen atoms in total. The Hall–Kier alpha value is 0.0383. The average Bonchev–Trinajstić information content (AvgIpc) is 2.11. The van der Waals surface area contributed by atoms with Gasteiger partial charge in [0.2, 0.25) is 0 Å². The van der Waals surface area contributed by atoms with Crippen LogP contribution < -0.4 is 11.5 Å². The van der Waals surface area contributed by atoms with Gasteiger partial charge in [0.1, 0.15) is 6.61 Å². The van der Waals surface area contributed by atoms with Crippen LogP contribution in [0.4, 0.5) is 0 Å². The third-order valence-electron chi connectivity index (χ3n) is 2.01. The van der Waals surface area contributed by atoms with E-state index in [1.165, 1.54) is 12.8 Å². The van der Waals surface area contributed by atoms with Gasteiger partial charge in [-0.25, -0.2) is 4.79 Å². The third-order valence-corrected chi connectivity index (χ3v) is 2.01. The van der Waals surface area contributed by atoms with Crippen LogP contribution in [0.3, 0.4) is 0 Å². The minimum atomic E-state index is -1.19. The second-order valence-electron chi connectivity index (χ2n) is 3.16. The van der Waals surface area contributed by atoms with Gasteiger partial charge in [-0.15, -0.1) is 0 Å². The van der Waals surface area contributed by atoms with E-state index in [4.69, 9.17) is 26.5 Å². The summed E-state index contributed by atoms with van der Waals surface area (Å²) in [6, 6.07) is 0.562. The molecule has 0 amide bonds. The average molecular weight is 385 g/mol. The molecule has 0 saturated heterocycles. The summed E-state index contributed by atoms with van der Waals surface area (Å²) in [4.78, 5) is 9.12. The zero-order valence-electron chi connectivity index (χ0n) is 7.96. The molecule has 0 aromatic heterocycles. The fraction of sp³-hybridized carbons (Fsp3) is 0.875. The maximum atomic E-state index is 9.12. The Kier molecular flexibility index (Phi) is 11.3. The van der Waals surface area contributed by atoms with E-state index in [2.05, 4.69) is 0 Å². The Morgan fingerprint density at radius 2 is 1.50 bits per heavy atom. The summed E-state index contributed by atoms with van der Waals surface area (Å²) in [5.74, 6) is -1.19. The van der Waals surface area contributed by atoms with Gasteiger partial charge in [-0.3, -0.25) is 0 Å². The van der Waals surface area contributed by atoms with Crippen LogP contribution in [0.25, 0.3) is 0 Å². The Morgan fingerprint density at radius 1 is 1.21 bits per heavy atom. The second-order valence-corrected chi connectivity index (χ2v) is 3.16. The number of rotatable bonds is 1. The topological polar surface area (TPSA) is 110 Å². The van der Waals surface area contributed by atoms with Crippen molar-refractivity contribution in [3.63, 3.8) is 0 Å². The number of aliphatic hydroxyl groups is 1. The largest absolute Gasteiger partial charge is 0.480 e. The number of aliphatic hydroxyl groups excluding tert-OH is 1. The summed E-state index contributed by atoms with van der Waals surface area (Å²) < 4.78 is 0. The van der Waals surface area contributed by atoms with E-state index in [1.807, 2.05) is 0 Å². The van der Waals surface area contributed by atoms with Gasteiger partial charge in [0.25, 0.3) is 0 Å². The summed E-state index contributed by atoms with van der Waals surface area (Å²) in [5.41, 5.74) is 11.3. The SMILES string of the molecule is N[C@@H]1CCCC[C@@H]1N.O=C(O)CO.[Pt]. The molecule has 0 bridgehead atoms. The molecule has 0 aliphatic heterocycles.